The predicted octanol–water partition coefficient (Wildman–Crippen LogP) is 4.30. The molecule has 0 aliphatic rings. The average Bonchev–Trinajstić information content (AvgIpc) is 3.35. The first-order valence-electron chi connectivity index (χ1n) is 11.5. The second-order valence-corrected chi connectivity index (χ2v) is 7.92. The number of carbonyl (C=O) groups is 1. The van der Waals surface area contributed by atoms with E-state index >= 15 is 0 Å². The summed E-state index contributed by atoms with van der Waals surface area (Å²) in [6.45, 7) is 2.02. The number of halogens is 3. The fourth-order valence-corrected chi connectivity index (χ4v) is 3.67. The maximum absolute atomic E-state index is 13.3. The minimum Gasteiger partial charge on any atom is -0.494 e. The molecule has 3 heterocycles. The van der Waals surface area contributed by atoms with Gasteiger partial charge >= 0.3 is 6.18 Å². The number of allylic oxidation sites excluding steroid dienone is 1. The summed E-state index contributed by atoms with van der Waals surface area (Å²) in [7, 11) is 1.33. The first-order chi connectivity index (χ1) is 18.2. The summed E-state index contributed by atoms with van der Waals surface area (Å²) in [6.07, 6.45) is 0.998. The highest BCUT2D eigenvalue weighted by Crippen LogP contribution is 2.36. The van der Waals surface area contributed by atoms with Crippen molar-refractivity contribution in [3.8, 4) is 17.2 Å². The number of carbonyl (C=O) groups excluding carboxylic acids is 1. The van der Waals surface area contributed by atoms with Crippen molar-refractivity contribution in [1.29, 1.82) is 0 Å². The van der Waals surface area contributed by atoms with E-state index in [-0.39, 0.29) is 41.7 Å². The van der Waals surface area contributed by atoms with E-state index in [4.69, 9.17) is 14.9 Å². The lowest BCUT2D eigenvalue weighted by molar-refractivity contribution is -0.140. The number of alkyl halides is 3. The lowest BCUT2D eigenvalue weighted by Gasteiger charge is -2.11. The van der Waals surface area contributed by atoms with Gasteiger partial charge < -0.3 is 25.5 Å². The van der Waals surface area contributed by atoms with Gasteiger partial charge in [0.2, 0.25) is 11.8 Å². The van der Waals surface area contributed by atoms with E-state index in [2.05, 4.69) is 30.6 Å². The highest BCUT2D eigenvalue weighted by molar-refractivity contribution is 5.98. The van der Waals surface area contributed by atoms with E-state index in [9.17, 15) is 18.0 Å². The van der Waals surface area contributed by atoms with Crippen molar-refractivity contribution in [3.05, 3.63) is 71.6 Å². The summed E-state index contributed by atoms with van der Waals surface area (Å²) in [5.41, 5.74) is 5.54. The summed E-state index contributed by atoms with van der Waals surface area (Å²) < 4.78 is 50.8. The molecule has 4 rings (SSSR count). The van der Waals surface area contributed by atoms with E-state index in [1.54, 1.807) is 24.5 Å². The average molecular weight is 528 g/mol. The van der Waals surface area contributed by atoms with Gasteiger partial charge in [-0.15, -0.1) is 0 Å². The summed E-state index contributed by atoms with van der Waals surface area (Å²) >= 11 is 0. The van der Waals surface area contributed by atoms with Gasteiger partial charge in [-0.05, 0) is 36.8 Å². The maximum atomic E-state index is 13.3. The Kier molecular flexibility index (Phi) is 7.86. The number of anilines is 1. The molecule has 0 unspecified atom stereocenters. The van der Waals surface area contributed by atoms with Crippen LogP contribution in [0.15, 0.2) is 58.9 Å². The van der Waals surface area contributed by atoms with Gasteiger partial charge in [0.25, 0.3) is 5.91 Å². The molecule has 1 amide bonds. The summed E-state index contributed by atoms with van der Waals surface area (Å²) in [4.78, 5) is 29.4. The number of fused-ring (bicyclic) bond motifs is 1. The molecular formula is C25H24F3N7O3. The monoisotopic (exact) mass is 527 g/mol. The van der Waals surface area contributed by atoms with Crippen LogP contribution in [0.3, 0.4) is 0 Å². The number of methoxy groups -OCH3 is 1. The molecule has 38 heavy (non-hydrogen) atoms. The number of rotatable bonds is 9. The molecule has 10 nitrogen and oxygen atoms in total. The molecule has 198 valence electrons. The van der Waals surface area contributed by atoms with Gasteiger partial charge in [0.05, 0.1) is 20.2 Å². The third kappa shape index (κ3) is 5.72. The minimum atomic E-state index is -4.64. The molecule has 13 heteroatoms. The van der Waals surface area contributed by atoms with Crippen molar-refractivity contribution >= 4 is 22.8 Å². The second-order valence-electron chi connectivity index (χ2n) is 7.92. The van der Waals surface area contributed by atoms with Gasteiger partial charge in [-0.2, -0.15) is 13.2 Å². The highest BCUT2D eigenvalue weighted by atomic mass is 19.4. The SMILES string of the molecule is CC/C=C(/CNc1ncccn1)NC(=O)c1nc(-c2ccc(OC)c3nc(C(F)(F)F)ccc23)oc1CN. The van der Waals surface area contributed by atoms with E-state index in [0.717, 1.165) is 6.07 Å². The zero-order valence-corrected chi connectivity index (χ0v) is 20.5. The van der Waals surface area contributed by atoms with E-state index < -0.39 is 17.8 Å². The molecule has 0 spiro atoms. The van der Waals surface area contributed by atoms with E-state index in [0.29, 0.717) is 29.0 Å². The first kappa shape index (κ1) is 26.5. The quantitative estimate of drug-likeness (QED) is 0.290. The van der Waals surface area contributed by atoms with Crippen molar-refractivity contribution in [3.63, 3.8) is 0 Å². The normalized spacial score (nSPS) is 12.0. The molecule has 0 aliphatic carbocycles. The molecule has 0 aliphatic heterocycles. The fourth-order valence-electron chi connectivity index (χ4n) is 3.67. The number of nitrogens with one attached hydrogen (secondary N) is 2. The van der Waals surface area contributed by atoms with Crippen LogP contribution in [0.1, 0.15) is 35.3 Å². The van der Waals surface area contributed by atoms with Crippen LogP contribution in [0, 0.1) is 0 Å². The van der Waals surface area contributed by atoms with Gasteiger partial charge in [-0.1, -0.05) is 13.0 Å². The van der Waals surface area contributed by atoms with Gasteiger partial charge in [0.1, 0.15) is 17.0 Å². The third-order valence-electron chi connectivity index (χ3n) is 5.39. The Balaban J connectivity index is 1.66. The molecule has 1 aromatic carbocycles. The molecule has 0 radical (unpaired) electrons. The Bertz CT molecular complexity index is 1470. The number of amides is 1. The highest BCUT2D eigenvalue weighted by Gasteiger charge is 2.33. The number of oxazole rings is 1. The van der Waals surface area contributed by atoms with Crippen LogP contribution in [-0.4, -0.2) is 39.5 Å². The Labute approximate surface area is 215 Å². The van der Waals surface area contributed by atoms with Crippen LogP contribution in [0.25, 0.3) is 22.4 Å². The molecule has 0 atom stereocenters. The molecule has 0 saturated carbocycles. The van der Waals surface area contributed by atoms with Crippen LogP contribution in [0.5, 0.6) is 5.75 Å². The predicted molar refractivity (Wildman–Crippen MR) is 133 cm³/mol. The molecule has 4 aromatic rings. The number of nitrogens with zero attached hydrogens (tertiary/aromatic N) is 4. The lowest BCUT2D eigenvalue weighted by atomic mass is 10.1. The standard InChI is InChI=1S/C25H24F3N7O3/c1-3-5-14(13-32-24-30-10-4-11-31-24)33-22(36)21-18(12-29)38-23(35-21)16-6-8-17(37-2)20-15(16)7-9-19(34-20)25(26,27)28/h4-11H,3,12-13,29H2,1-2H3,(H,33,36)(H,30,31,32)/b14-5-. The maximum Gasteiger partial charge on any atom is 0.433 e. The zero-order valence-electron chi connectivity index (χ0n) is 20.5. The first-order valence-corrected chi connectivity index (χ1v) is 11.5. The van der Waals surface area contributed by atoms with Gasteiger partial charge in [-0.25, -0.2) is 19.9 Å². The Morgan fingerprint density at radius 1 is 1.16 bits per heavy atom. The summed E-state index contributed by atoms with van der Waals surface area (Å²) in [5, 5.41) is 6.11. The molecular weight excluding hydrogens is 503 g/mol. The van der Waals surface area contributed by atoms with E-state index in [1.807, 2.05) is 13.0 Å². The van der Waals surface area contributed by atoms with Crippen LogP contribution in [-0.2, 0) is 12.7 Å². The number of hydrogen-bond donors (Lipinski definition) is 3. The van der Waals surface area contributed by atoms with Crippen molar-refractivity contribution < 1.29 is 27.1 Å². The van der Waals surface area contributed by atoms with Crippen LogP contribution < -0.4 is 21.1 Å². The van der Waals surface area contributed by atoms with Crippen LogP contribution in [0.4, 0.5) is 19.1 Å². The van der Waals surface area contributed by atoms with Gasteiger partial charge in [-0.3, -0.25) is 4.79 Å². The Morgan fingerprint density at radius 2 is 1.92 bits per heavy atom. The molecule has 0 bridgehead atoms. The molecule has 0 saturated heterocycles. The number of ether oxygens (including phenoxy) is 1. The fraction of sp³-hybridized carbons (Fsp3) is 0.240. The molecule has 0 fully saturated rings. The van der Waals surface area contributed by atoms with Gasteiger partial charge in [0.15, 0.2) is 11.5 Å². The summed E-state index contributed by atoms with van der Waals surface area (Å²) in [6, 6.07) is 6.82. The number of nitrogens with two attached hydrogens (primary N) is 1. The largest absolute Gasteiger partial charge is 0.494 e. The van der Waals surface area contributed by atoms with E-state index in [1.165, 1.54) is 19.2 Å². The lowest BCUT2D eigenvalue weighted by Crippen LogP contribution is -2.28. The molecule has 3 aromatic heterocycles. The Hall–Kier alpha value is -4.52. The number of pyridine rings is 1. The van der Waals surface area contributed by atoms with Crippen molar-refractivity contribution in [2.75, 3.05) is 19.0 Å². The van der Waals surface area contributed by atoms with Gasteiger partial charge in [0, 0.05) is 29.0 Å². The smallest absolute Gasteiger partial charge is 0.433 e. The Morgan fingerprint density at radius 3 is 2.58 bits per heavy atom. The van der Waals surface area contributed by atoms with Crippen molar-refractivity contribution in [2.45, 2.75) is 26.1 Å². The summed E-state index contributed by atoms with van der Waals surface area (Å²) in [5.74, 6) is 0.0795. The minimum absolute atomic E-state index is 0.00152. The number of benzene rings is 1. The van der Waals surface area contributed by atoms with Crippen molar-refractivity contribution in [1.82, 2.24) is 25.3 Å². The van der Waals surface area contributed by atoms with Crippen LogP contribution in [0.2, 0.25) is 0 Å². The number of hydrogen-bond acceptors (Lipinski definition) is 9. The van der Waals surface area contributed by atoms with Crippen molar-refractivity contribution in [2.24, 2.45) is 5.73 Å². The van der Waals surface area contributed by atoms with Crippen LogP contribution >= 0.6 is 0 Å². The number of aromatic nitrogens is 4. The second kappa shape index (κ2) is 11.3. The molecule has 4 N–H and O–H groups in total. The topological polar surface area (TPSA) is 141 Å². The third-order valence-corrected chi connectivity index (χ3v) is 5.39. The zero-order chi connectivity index (χ0) is 27.3.